The second kappa shape index (κ2) is 7.17. The van der Waals surface area contributed by atoms with Crippen LogP contribution in [-0.2, 0) is 6.54 Å². The van der Waals surface area contributed by atoms with Gasteiger partial charge in [0.15, 0.2) is 0 Å². The third kappa shape index (κ3) is 3.98. The van der Waals surface area contributed by atoms with Crippen LogP contribution in [0.5, 0.6) is 0 Å². The van der Waals surface area contributed by atoms with Crippen LogP contribution in [0.1, 0.15) is 29.7 Å². The van der Waals surface area contributed by atoms with Crippen molar-refractivity contribution in [2.24, 2.45) is 0 Å². The molecule has 1 aromatic rings. The summed E-state index contributed by atoms with van der Waals surface area (Å²) in [7, 11) is 0. The molecule has 0 spiro atoms. The quantitative estimate of drug-likeness (QED) is 0.828. The molecule has 5 heteroatoms. The fourth-order valence-electron chi connectivity index (χ4n) is 1.99. The first-order chi connectivity index (χ1) is 9.31. The summed E-state index contributed by atoms with van der Waals surface area (Å²) < 4.78 is 0. The van der Waals surface area contributed by atoms with E-state index in [2.05, 4.69) is 17.2 Å². The van der Waals surface area contributed by atoms with Gasteiger partial charge in [-0.2, -0.15) is 0 Å². The van der Waals surface area contributed by atoms with E-state index in [1.165, 1.54) is 0 Å². The maximum atomic E-state index is 11.9. The average Bonchev–Trinajstić information content (AvgIpc) is 3.08. The summed E-state index contributed by atoms with van der Waals surface area (Å²) in [6.45, 7) is 2.33. The summed E-state index contributed by atoms with van der Waals surface area (Å²) in [5, 5.41) is 13.6. The molecule has 2 amide bonds. The van der Waals surface area contributed by atoms with Crippen LogP contribution in [0.2, 0.25) is 0 Å². The van der Waals surface area contributed by atoms with E-state index in [4.69, 9.17) is 5.11 Å². The number of urea groups is 1. The van der Waals surface area contributed by atoms with Crippen molar-refractivity contribution in [3.05, 3.63) is 21.9 Å². The van der Waals surface area contributed by atoms with Gasteiger partial charge < -0.3 is 15.3 Å². The Morgan fingerprint density at radius 2 is 2.26 bits per heavy atom. The molecular formula is C14H18N2O2S. The maximum Gasteiger partial charge on any atom is 0.317 e. The van der Waals surface area contributed by atoms with Gasteiger partial charge in [0.25, 0.3) is 0 Å². The Morgan fingerprint density at radius 1 is 1.47 bits per heavy atom. The van der Waals surface area contributed by atoms with Crippen LogP contribution in [0.4, 0.5) is 4.79 Å². The Morgan fingerprint density at radius 3 is 3.00 bits per heavy atom. The second-order valence-electron chi connectivity index (χ2n) is 4.39. The summed E-state index contributed by atoms with van der Waals surface area (Å²) >= 11 is 1.59. The molecule has 1 aliphatic heterocycles. The fraction of sp³-hybridized carbons (Fsp3) is 0.500. The number of aliphatic hydroxyl groups excluding tert-OH is 1. The number of carbonyl (C=O) groups excluding carboxylic acids is 1. The Bertz CT molecular complexity index is 481. The Labute approximate surface area is 117 Å². The van der Waals surface area contributed by atoms with Crippen LogP contribution in [-0.4, -0.2) is 35.7 Å². The predicted octanol–water partition coefficient (Wildman–Crippen LogP) is 1.79. The van der Waals surface area contributed by atoms with Crippen molar-refractivity contribution >= 4 is 17.4 Å². The number of hydrogen-bond acceptors (Lipinski definition) is 3. The third-order valence-corrected chi connectivity index (χ3v) is 3.92. The Hall–Kier alpha value is -1.51. The van der Waals surface area contributed by atoms with Crippen molar-refractivity contribution in [1.82, 2.24) is 10.2 Å². The highest BCUT2D eigenvalue weighted by atomic mass is 32.1. The molecule has 1 fully saturated rings. The minimum atomic E-state index is 0.0140. The number of amides is 2. The van der Waals surface area contributed by atoms with E-state index in [0.29, 0.717) is 13.0 Å². The molecule has 0 unspecified atom stereocenters. The fourth-order valence-corrected chi connectivity index (χ4v) is 2.76. The number of hydrogen-bond donors (Lipinski definition) is 2. The summed E-state index contributed by atoms with van der Waals surface area (Å²) in [5.41, 5.74) is 0.945. The number of nitrogens with one attached hydrogen (secondary N) is 1. The van der Waals surface area contributed by atoms with Gasteiger partial charge in [-0.05, 0) is 24.3 Å². The highest BCUT2D eigenvalue weighted by Gasteiger charge is 2.17. The molecule has 0 aromatic carbocycles. The van der Waals surface area contributed by atoms with Crippen LogP contribution in [0.25, 0.3) is 0 Å². The highest BCUT2D eigenvalue weighted by molar-refractivity contribution is 7.10. The summed E-state index contributed by atoms with van der Waals surface area (Å²) in [4.78, 5) is 14.8. The van der Waals surface area contributed by atoms with Gasteiger partial charge in [0.2, 0.25) is 0 Å². The molecule has 0 bridgehead atoms. The van der Waals surface area contributed by atoms with Gasteiger partial charge in [0.05, 0.1) is 13.2 Å². The average molecular weight is 278 g/mol. The molecule has 4 nitrogen and oxygen atoms in total. The van der Waals surface area contributed by atoms with Crippen LogP contribution >= 0.6 is 11.3 Å². The van der Waals surface area contributed by atoms with E-state index in [1.54, 1.807) is 11.3 Å². The lowest BCUT2D eigenvalue weighted by Gasteiger charge is -2.15. The zero-order valence-electron chi connectivity index (χ0n) is 10.8. The molecule has 0 radical (unpaired) electrons. The molecule has 2 heterocycles. The lowest BCUT2D eigenvalue weighted by atomic mass is 10.2. The molecule has 102 valence electrons. The number of thiophene rings is 1. The zero-order valence-corrected chi connectivity index (χ0v) is 11.6. The minimum Gasteiger partial charge on any atom is -0.395 e. The first kappa shape index (κ1) is 13.9. The second-order valence-corrected chi connectivity index (χ2v) is 5.39. The number of nitrogens with zero attached hydrogens (tertiary/aromatic N) is 1. The lowest BCUT2D eigenvalue weighted by Crippen LogP contribution is -2.37. The molecule has 2 N–H and O–H groups in total. The van der Waals surface area contributed by atoms with Crippen LogP contribution in [0.15, 0.2) is 11.4 Å². The Kier molecular flexibility index (Phi) is 5.25. The van der Waals surface area contributed by atoms with Gasteiger partial charge in [-0.1, -0.05) is 11.8 Å². The molecule has 1 aliphatic rings. The monoisotopic (exact) mass is 278 g/mol. The van der Waals surface area contributed by atoms with Gasteiger partial charge >= 0.3 is 6.03 Å². The van der Waals surface area contributed by atoms with Gasteiger partial charge in [-0.3, -0.25) is 0 Å². The third-order valence-electron chi connectivity index (χ3n) is 3.00. The normalized spacial score (nSPS) is 14.1. The summed E-state index contributed by atoms with van der Waals surface area (Å²) in [6, 6.07) is 1.96. The van der Waals surface area contributed by atoms with Crippen molar-refractivity contribution in [3.8, 4) is 11.8 Å². The molecule has 1 aromatic heterocycles. The Balaban J connectivity index is 1.87. The van der Waals surface area contributed by atoms with E-state index in [1.807, 2.05) is 16.3 Å². The first-order valence-electron chi connectivity index (χ1n) is 6.50. The topological polar surface area (TPSA) is 52.6 Å². The van der Waals surface area contributed by atoms with Crippen molar-refractivity contribution in [2.75, 3.05) is 19.7 Å². The van der Waals surface area contributed by atoms with E-state index in [9.17, 15) is 4.79 Å². The van der Waals surface area contributed by atoms with Crippen molar-refractivity contribution in [3.63, 3.8) is 0 Å². The van der Waals surface area contributed by atoms with Crippen LogP contribution < -0.4 is 5.32 Å². The van der Waals surface area contributed by atoms with Crippen LogP contribution in [0, 0.1) is 11.8 Å². The lowest BCUT2D eigenvalue weighted by molar-refractivity contribution is 0.208. The van der Waals surface area contributed by atoms with Crippen molar-refractivity contribution in [1.29, 1.82) is 0 Å². The van der Waals surface area contributed by atoms with Gasteiger partial charge in [-0.15, -0.1) is 11.3 Å². The predicted molar refractivity (Wildman–Crippen MR) is 75.9 cm³/mol. The molecule has 1 saturated heterocycles. The number of likely N-dealkylation sites (tertiary alicyclic amines) is 1. The van der Waals surface area contributed by atoms with Crippen molar-refractivity contribution in [2.45, 2.75) is 25.8 Å². The van der Waals surface area contributed by atoms with Crippen molar-refractivity contribution < 1.29 is 9.90 Å². The SMILES string of the molecule is O=C(NCc1sccc1C#CCCO)N1CCCC1. The molecule has 0 aliphatic carbocycles. The highest BCUT2D eigenvalue weighted by Crippen LogP contribution is 2.16. The molecule has 0 saturated carbocycles. The largest absolute Gasteiger partial charge is 0.395 e. The maximum absolute atomic E-state index is 11.9. The number of aliphatic hydroxyl groups is 1. The van der Waals surface area contributed by atoms with Crippen LogP contribution in [0.3, 0.4) is 0 Å². The minimum absolute atomic E-state index is 0.0140. The van der Waals surface area contributed by atoms with E-state index in [-0.39, 0.29) is 12.6 Å². The van der Waals surface area contributed by atoms with Gasteiger partial charge in [-0.25, -0.2) is 4.79 Å². The molecule has 2 rings (SSSR count). The first-order valence-corrected chi connectivity index (χ1v) is 7.38. The molecular weight excluding hydrogens is 260 g/mol. The van der Waals surface area contributed by atoms with E-state index >= 15 is 0 Å². The molecule has 19 heavy (non-hydrogen) atoms. The van der Waals surface area contributed by atoms with Gasteiger partial charge in [0, 0.05) is 30.0 Å². The summed E-state index contributed by atoms with van der Waals surface area (Å²) in [5.74, 6) is 5.93. The molecule has 0 atom stereocenters. The van der Waals surface area contributed by atoms with E-state index in [0.717, 1.165) is 36.4 Å². The standard InChI is InChI=1S/C14H18N2O2S/c17-9-4-1-5-12-6-10-19-13(12)11-15-14(18)16-7-2-3-8-16/h6,10,17H,2-4,7-9,11H2,(H,15,18). The number of carbonyl (C=O) groups is 1. The zero-order chi connectivity index (χ0) is 13.5. The van der Waals surface area contributed by atoms with Gasteiger partial charge in [0.1, 0.15) is 0 Å². The van der Waals surface area contributed by atoms with E-state index < -0.39 is 0 Å². The smallest absolute Gasteiger partial charge is 0.317 e. The summed E-state index contributed by atoms with van der Waals surface area (Å²) in [6.07, 6.45) is 2.68. The number of rotatable bonds is 3.